The van der Waals surface area contributed by atoms with E-state index < -0.39 is 10.0 Å². The first-order valence-electron chi connectivity index (χ1n) is 9.56. The Morgan fingerprint density at radius 3 is 2.32 bits per heavy atom. The minimum atomic E-state index is -3.83. The molecule has 1 amide bonds. The Hall–Kier alpha value is -2.54. The average Bonchev–Trinajstić information content (AvgIpc) is 2.69. The number of hydrogen-bond acceptors (Lipinski definition) is 4. The van der Waals surface area contributed by atoms with Crippen LogP contribution >= 0.6 is 0 Å². The van der Waals surface area contributed by atoms with Crippen LogP contribution in [0.1, 0.15) is 44.0 Å². The number of unbranched alkanes of at least 4 members (excludes halogenated alkanes) is 1. The molecule has 7 heteroatoms. The lowest BCUT2D eigenvalue weighted by molar-refractivity contribution is 0.0763. The van der Waals surface area contributed by atoms with Crippen LogP contribution in [0.25, 0.3) is 0 Å². The number of hydrogen-bond donors (Lipinski definition) is 1. The molecule has 152 valence electrons. The summed E-state index contributed by atoms with van der Waals surface area (Å²) in [6, 6.07) is 12.9. The van der Waals surface area contributed by atoms with Crippen molar-refractivity contribution < 1.29 is 17.9 Å². The van der Waals surface area contributed by atoms with E-state index in [1.807, 2.05) is 13.8 Å². The molecule has 0 atom stereocenters. The Balaban J connectivity index is 2.27. The molecule has 0 aromatic heterocycles. The van der Waals surface area contributed by atoms with E-state index >= 15 is 0 Å². The van der Waals surface area contributed by atoms with E-state index in [-0.39, 0.29) is 16.5 Å². The van der Waals surface area contributed by atoms with E-state index in [0.717, 1.165) is 12.8 Å². The number of carbonyl (C=O) groups is 1. The molecule has 28 heavy (non-hydrogen) atoms. The smallest absolute Gasteiger partial charge is 0.261 e. The number of para-hydroxylation sites is 1. The summed E-state index contributed by atoms with van der Waals surface area (Å²) in [4.78, 5) is 14.8. The number of benzene rings is 2. The Kier molecular flexibility index (Phi) is 7.87. The predicted octanol–water partition coefficient (Wildman–Crippen LogP) is 4.15. The maximum absolute atomic E-state index is 12.9. The molecule has 0 saturated heterocycles. The summed E-state index contributed by atoms with van der Waals surface area (Å²) in [5.74, 6) is 0.424. The third-order valence-corrected chi connectivity index (χ3v) is 5.68. The van der Waals surface area contributed by atoms with Crippen LogP contribution in [0, 0.1) is 0 Å². The second-order valence-electron chi connectivity index (χ2n) is 6.29. The summed E-state index contributed by atoms with van der Waals surface area (Å²) in [7, 11) is -3.83. The van der Waals surface area contributed by atoms with Gasteiger partial charge in [0.1, 0.15) is 5.75 Å². The van der Waals surface area contributed by atoms with Gasteiger partial charge in [0.25, 0.3) is 15.9 Å². The van der Waals surface area contributed by atoms with E-state index in [0.29, 0.717) is 31.0 Å². The number of rotatable bonds is 10. The Morgan fingerprint density at radius 1 is 1.04 bits per heavy atom. The van der Waals surface area contributed by atoms with Crippen LogP contribution in [0.5, 0.6) is 5.75 Å². The molecule has 0 aliphatic carbocycles. The number of amides is 1. The van der Waals surface area contributed by atoms with Gasteiger partial charge in [-0.3, -0.25) is 9.52 Å². The van der Waals surface area contributed by atoms with Crippen molar-refractivity contribution in [3.63, 3.8) is 0 Å². The first kappa shape index (κ1) is 21.8. The van der Waals surface area contributed by atoms with E-state index in [1.165, 1.54) is 12.1 Å². The van der Waals surface area contributed by atoms with Crippen molar-refractivity contribution in [3.8, 4) is 5.75 Å². The molecule has 0 aliphatic heterocycles. The third kappa shape index (κ3) is 5.48. The van der Waals surface area contributed by atoms with E-state index in [2.05, 4.69) is 11.6 Å². The fourth-order valence-electron chi connectivity index (χ4n) is 2.77. The summed E-state index contributed by atoms with van der Waals surface area (Å²) in [6.07, 6.45) is 1.88. The average molecular weight is 405 g/mol. The second-order valence-corrected chi connectivity index (χ2v) is 7.98. The van der Waals surface area contributed by atoms with Crippen molar-refractivity contribution in [2.24, 2.45) is 0 Å². The SMILES string of the molecule is CCCCN(CC)C(=O)c1ccccc1NS(=O)(=O)c1ccc(OCC)cc1. The van der Waals surface area contributed by atoms with Gasteiger partial charge in [0.2, 0.25) is 0 Å². The molecule has 0 aliphatic rings. The minimum absolute atomic E-state index is 0.108. The Labute approximate surface area is 167 Å². The van der Waals surface area contributed by atoms with Crippen LogP contribution in [0.15, 0.2) is 53.4 Å². The van der Waals surface area contributed by atoms with Crippen molar-refractivity contribution in [1.29, 1.82) is 0 Å². The molecule has 0 unspecified atom stereocenters. The van der Waals surface area contributed by atoms with Crippen molar-refractivity contribution in [2.45, 2.75) is 38.5 Å². The number of carbonyl (C=O) groups excluding carboxylic acids is 1. The highest BCUT2D eigenvalue weighted by Gasteiger charge is 2.21. The quantitative estimate of drug-likeness (QED) is 0.645. The normalized spacial score (nSPS) is 11.1. The molecule has 0 fully saturated rings. The van der Waals surface area contributed by atoms with Crippen LogP contribution in [0.2, 0.25) is 0 Å². The molecule has 2 rings (SSSR count). The summed E-state index contributed by atoms with van der Waals surface area (Å²) < 4.78 is 33.5. The molecule has 0 heterocycles. The lowest BCUT2D eigenvalue weighted by atomic mass is 10.1. The first-order valence-corrected chi connectivity index (χ1v) is 11.0. The highest BCUT2D eigenvalue weighted by molar-refractivity contribution is 7.92. The van der Waals surface area contributed by atoms with Crippen LogP contribution in [0.3, 0.4) is 0 Å². The van der Waals surface area contributed by atoms with Crippen LogP contribution in [-0.4, -0.2) is 38.9 Å². The Morgan fingerprint density at radius 2 is 1.71 bits per heavy atom. The van der Waals surface area contributed by atoms with Gasteiger partial charge in [-0.2, -0.15) is 0 Å². The number of anilines is 1. The van der Waals surface area contributed by atoms with Gasteiger partial charge in [-0.05, 0) is 56.7 Å². The Bertz CT molecular complexity index is 880. The molecule has 2 aromatic carbocycles. The van der Waals surface area contributed by atoms with Gasteiger partial charge in [0.15, 0.2) is 0 Å². The lowest BCUT2D eigenvalue weighted by Gasteiger charge is -2.22. The van der Waals surface area contributed by atoms with Gasteiger partial charge in [-0.25, -0.2) is 8.42 Å². The molecular weight excluding hydrogens is 376 g/mol. The first-order chi connectivity index (χ1) is 13.4. The highest BCUT2D eigenvalue weighted by atomic mass is 32.2. The minimum Gasteiger partial charge on any atom is -0.494 e. The molecule has 0 spiro atoms. The summed E-state index contributed by atoms with van der Waals surface area (Å²) in [5, 5.41) is 0. The second kappa shape index (κ2) is 10.1. The molecular formula is C21H28N2O4S. The fourth-order valence-corrected chi connectivity index (χ4v) is 3.85. The number of ether oxygens (including phenoxy) is 1. The zero-order chi connectivity index (χ0) is 20.6. The van der Waals surface area contributed by atoms with Gasteiger partial charge in [0, 0.05) is 13.1 Å². The summed E-state index contributed by atoms with van der Waals surface area (Å²) in [5.41, 5.74) is 0.617. The molecule has 0 bridgehead atoms. The van der Waals surface area contributed by atoms with Gasteiger partial charge in [-0.1, -0.05) is 25.5 Å². The van der Waals surface area contributed by atoms with E-state index in [4.69, 9.17) is 4.74 Å². The number of sulfonamides is 1. The summed E-state index contributed by atoms with van der Waals surface area (Å²) >= 11 is 0. The standard InChI is InChI=1S/C21H28N2O4S/c1-4-7-16-23(5-2)21(24)19-10-8-9-11-20(19)22-28(25,26)18-14-12-17(13-15-18)27-6-3/h8-15,22H,4-7,16H2,1-3H3. The molecule has 1 N–H and O–H groups in total. The van der Waals surface area contributed by atoms with Crippen LogP contribution in [-0.2, 0) is 10.0 Å². The van der Waals surface area contributed by atoms with Crippen molar-refractivity contribution in [2.75, 3.05) is 24.4 Å². The maximum atomic E-state index is 12.9. The zero-order valence-corrected chi connectivity index (χ0v) is 17.5. The third-order valence-electron chi connectivity index (χ3n) is 4.30. The van der Waals surface area contributed by atoms with Gasteiger partial charge in [0.05, 0.1) is 22.8 Å². The summed E-state index contributed by atoms with van der Waals surface area (Å²) in [6.45, 7) is 7.56. The van der Waals surface area contributed by atoms with Gasteiger partial charge < -0.3 is 9.64 Å². The highest BCUT2D eigenvalue weighted by Crippen LogP contribution is 2.23. The van der Waals surface area contributed by atoms with Crippen LogP contribution < -0.4 is 9.46 Å². The van der Waals surface area contributed by atoms with Gasteiger partial charge in [-0.15, -0.1) is 0 Å². The molecule has 0 saturated carbocycles. The van der Waals surface area contributed by atoms with Crippen molar-refractivity contribution in [1.82, 2.24) is 4.90 Å². The molecule has 0 radical (unpaired) electrons. The van der Waals surface area contributed by atoms with Crippen LogP contribution in [0.4, 0.5) is 5.69 Å². The van der Waals surface area contributed by atoms with Crippen molar-refractivity contribution in [3.05, 3.63) is 54.1 Å². The predicted molar refractivity (Wildman–Crippen MR) is 111 cm³/mol. The largest absolute Gasteiger partial charge is 0.494 e. The van der Waals surface area contributed by atoms with Gasteiger partial charge >= 0.3 is 0 Å². The lowest BCUT2D eigenvalue weighted by Crippen LogP contribution is -2.32. The molecule has 2 aromatic rings. The number of nitrogens with one attached hydrogen (secondary N) is 1. The van der Waals surface area contributed by atoms with E-state index in [1.54, 1.807) is 41.3 Å². The number of nitrogens with zero attached hydrogens (tertiary/aromatic N) is 1. The zero-order valence-electron chi connectivity index (χ0n) is 16.6. The van der Waals surface area contributed by atoms with Crippen molar-refractivity contribution >= 4 is 21.6 Å². The van der Waals surface area contributed by atoms with E-state index in [9.17, 15) is 13.2 Å². The molecule has 6 nitrogen and oxygen atoms in total. The maximum Gasteiger partial charge on any atom is 0.261 e. The topological polar surface area (TPSA) is 75.7 Å². The fraction of sp³-hybridized carbons (Fsp3) is 0.381. The monoisotopic (exact) mass is 404 g/mol.